The summed E-state index contributed by atoms with van der Waals surface area (Å²) in [6, 6.07) is 4.02. The first-order valence-corrected chi connectivity index (χ1v) is 5.65. The zero-order valence-electron chi connectivity index (χ0n) is 10.2. The fraction of sp³-hybridized carbons (Fsp3) is 0.500. The van der Waals surface area contributed by atoms with Crippen LogP contribution in [0, 0.1) is 18.3 Å². The summed E-state index contributed by atoms with van der Waals surface area (Å²) in [6.07, 6.45) is 1.82. The highest BCUT2D eigenvalue weighted by Gasteiger charge is 2.09. The van der Waals surface area contributed by atoms with Crippen molar-refractivity contribution in [3.63, 3.8) is 0 Å². The molecule has 0 radical (unpaired) electrons. The fourth-order valence-electron chi connectivity index (χ4n) is 1.77. The first-order valence-electron chi connectivity index (χ1n) is 5.65. The first kappa shape index (κ1) is 11.7. The van der Waals surface area contributed by atoms with Gasteiger partial charge in [0.25, 0.3) is 0 Å². The number of hydrazone groups is 1. The van der Waals surface area contributed by atoms with Crippen LogP contribution in [0.2, 0.25) is 0 Å². The number of morpholine rings is 1. The molecule has 0 atom stereocenters. The minimum absolute atomic E-state index is 0.658. The van der Waals surface area contributed by atoms with Crippen molar-refractivity contribution < 1.29 is 4.74 Å². The molecule has 0 spiro atoms. The van der Waals surface area contributed by atoms with Gasteiger partial charge >= 0.3 is 0 Å². The Labute approximate surface area is 101 Å². The van der Waals surface area contributed by atoms with Gasteiger partial charge in [-0.05, 0) is 13.0 Å². The van der Waals surface area contributed by atoms with Crippen LogP contribution >= 0.6 is 0 Å². The number of rotatable bonds is 2. The van der Waals surface area contributed by atoms with Crippen LogP contribution in [0.25, 0.3) is 0 Å². The van der Waals surface area contributed by atoms with Gasteiger partial charge in [-0.2, -0.15) is 10.4 Å². The molecular weight excluding hydrogens is 216 g/mol. The number of ether oxygens (including phenoxy) is 1. The third-order valence-corrected chi connectivity index (χ3v) is 3.04. The summed E-state index contributed by atoms with van der Waals surface area (Å²) >= 11 is 0. The molecule has 2 rings (SSSR count). The van der Waals surface area contributed by atoms with Crippen LogP contribution in [-0.4, -0.2) is 42.1 Å². The van der Waals surface area contributed by atoms with Gasteiger partial charge in [-0.15, -0.1) is 0 Å². The summed E-state index contributed by atoms with van der Waals surface area (Å²) in [6.45, 7) is 5.10. The third kappa shape index (κ3) is 2.48. The Balaban J connectivity index is 2.13. The third-order valence-electron chi connectivity index (χ3n) is 3.04. The van der Waals surface area contributed by atoms with Crippen molar-refractivity contribution in [3.8, 4) is 6.07 Å². The number of nitrogens with zero attached hydrogens (tertiary/aromatic N) is 4. The van der Waals surface area contributed by atoms with Crippen molar-refractivity contribution in [2.24, 2.45) is 12.1 Å². The average Bonchev–Trinajstić information content (AvgIpc) is 2.65. The highest BCUT2D eigenvalue weighted by atomic mass is 16.5. The van der Waals surface area contributed by atoms with E-state index in [0.29, 0.717) is 5.69 Å². The normalized spacial score (nSPS) is 16.4. The lowest BCUT2D eigenvalue weighted by atomic mass is 10.3. The Morgan fingerprint density at radius 1 is 1.47 bits per heavy atom. The van der Waals surface area contributed by atoms with Crippen LogP contribution in [0.1, 0.15) is 17.0 Å². The Morgan fingerprint density at radius 3 is 2.76 bits per heavy atom. The van der Waals surface area contributed by atoms with Crippen LogP contribution in [0.4, 0.5) is 0 Å². The molecule has 1 saturated heterocycles. The van der Waals surface area contributed by atoms with Gasteiger partial charge in [0, 0.05) is 18.3 Å². The van der Waals surface area contributed by atoms with Crippen LogP contribution in [0.15, 0.2) is 11.2 Å². The van der Waals surface area contributed by atoms with Gasteiger partial charge < -0.3 is 9.30 Å². The minimum Gasteiger partial charge on any atom is -0.378 e. The number of hydrogen-bond donors (Lipinski definition) is 0. The van der Waals surface area contributed by atoms with Gasteiger partial charge in [-0.1, -0.05) is 0 Å². The fourth-order valence-corrected chi connectivity index (χ4v) is 1.77. The van der Waals surface area contributed by atoms with E-state index in [4.69, 9.17) is 10.00 Å². The lowest BCUT2D eigenvalue weighted by Crippen LogP contribution is -2.32. The van der Waals surface area contributed by atoms with Crippen molar-refractivity contribution in [2.75, 3.05) is 26.3 Å². The molecule has 0 aromatic carbocycles. The molecule has 0 unspecified atom stereocenters. The van der Waals surface area contributed by atoms with E-state index >= 15 is 0 Å². The van der Waals surface area contributed by atoms with Gasteiger partial charge in [-0.25, -0.2) is 0 Å². The summed E-state index contributed by atoms with van der Waals surface area (Å²) in [7, 11) is 1.89. The van der Waals surface area contributed by atoms with Crippen molar-refractivity contribution in [2.45, 2.75) is 6.92 Å². The molecule has 1 aromatic heterocycles. The second-order valence-electron chi connectivity index (χ2n) is 4.05. The number of aromatic nitrogens is 1. The monoisotopic (exact) mass is 232 g/mol. The smallest absolute Gasteiger partial charge is 0.120 e. The molecule has 17 heavy (non-hydrogen) atoms. The lowest BCUT2D eigenvalue weighted by molar-refractivity contribution is 0.0397. The average molecular weight is 232 g/mol. The van der Waals surface area contributed by atoms with Crippen LogP contribution in [0.5, 0.6) is 0 Å². The quantitative estimate of drug-likeness (QED) is 0.711. The molecule has 0 bridgehead atoms. The summed E-state index contributed by atoms with van der Waals surface area (Å²) in [5, 5.41) is 15.3. The molecule has 90 valence electrons. The van der Waals surface area contributed by atoms with Gasteiger partial charge in [0.15, 0.2) is 0 Å². The van der Waals surface area contributed by atoms with Gasteiger partial charge in [-0.3, -0.25) is 5.01 Å². The molecule has 0 amide bonds. The molecule has 1 fully saturated rings. The summed E-state index contributed by atoms with van der Waals surface area (Å²) in [4.78, 5) is 0. The number of hydrogen-bond acceptors (Lipinski definition) is 4. The summed E-state index contributed by atoms with van der Waals surface area (Å²) in [5.41, 5.74) is 2.71. The zero-order valence-corrected chi connectivity index (χ0v) is 10.2. The van der Waals surface area contributed by atoms with Gasteiger partial charge in [0.05, 0.1) is 32.5 Å². The predicted octanol–water partition coefficient (Wildman–Crippen LogP) is 0.871. The largest absolute Gasteiger partial charge is 0.378 e. The molecule has 5 nitrogen and oxygen atoms in total. The Hall–Kier alpha value is -1.80. The Morgan fingerprint density at radius 2 is 2.18 bits per heavy atom. The van der Waals surface area contributed by atoms with Crippen LogP contribution < -0.4 is 0 Å². The van der Waals surface area contributed by atoms with E-state index in [1.807, 2.05) is 35.8 Å². The Kier molecular flexibility index (Phi) is 3.45. The van der Waals surface area contributed by atoms with E-state index in [2.05, 4.69) is 11.2 Å². The second-order valence-corrected chi connectivity index (χ2v) is 4.05. The lowest BCUT2D eigenvalue weighted by Gasteiger charge is -2.23. The van der Waals surface area contributed by atoms with Gasteiger partial charge in [0.2, 0.25) is 0 Å². The summed E-state index contributed by atoms with van der Waals surface area (Å²) < 4.78 is 7.13. The van der Waals surface area contributed by atoms with E-state index in [-0.39, 0.29) is 0 Å². The predicted molar refractivity (Wildman–Crippen MR) is 64.9 cm³/mol. The van der Waals surface area contributed by atoms with Crippen molar-refractivity contribution >= 4 is 6.21 Å². The highest BCUT2D eigenvalue weighted by Crippen LogP contribution is 2.11. The topological polar surface area (TPSA) is 53.5 Å². The molecular formula is C12H16N4O. The van der Waals surface area contributed by atoms with Crippen LogP contribution in [-0.2, 0) is 11.8 Å². The maximum atomic E-state index is 8.93. The highest BCUT2D eigenvalue weighted by molar-refractivity contribution is 5.81. The van der Waals surface area contributed by atoms with E-state index in [9.17, 15) is 0 Å². The SMILES string of the molecule is Cc1c(/C=N\N2CCOCC2)cc(C#N)n1C. The molecule has 5 heteroatoms. The number of nitriles is 1. The van der Waals surface area contributed by atoms with Gasteiger partial charge in [0.1, 0.15) is 11.8 Å². The molecule has 0 N–H and O–H groups in total. The first-order chi connectivity index (χ1) is 8.22. The van der Waals surface area contributed by atoms with E-state index < -0.39 is 0 Å². The van der Waals surface area contributed by atoms with Crippen molar-refractivity contribution in [1.29, 1.82) is 5.26 Å². The molecule has 0 aliphatic carbocycles. The van der Waals surface area contributed by atoms with Crippen molar-refractivity contribution in [1.82, 2.24) is 9.58 Å². The van der Waals surface area contributed by atoms with E-state index in [1.165, 1.54) is 0 Å². The molecule has 1 aliphatic heterocycles. The van der Waals surface area contributed by atoms with Crippen LogP contribution in [0.3, 0.4) is 0 Å². The molecule has 1 aliphatic rings. The maximum absolute atomic E-state index is 8.93. The van der Waals surface area contributed by atoms with E-state index in [0.717, 1.165) is 37.6 Å². The maximum Gasteiger partial charge on any atom is 0.120 e. The minimum atomic E-state index is 0.658. The molecule has 2 heterocycles. The standard InChI is InChI=1S/C12H16N4O/c1-10-11(7-12(8-13)15(10)2)9-14-16-3-5-17-6-4-16/h7,9H,3-6H2,1-2H3/b14-9-. The zero-order chi connectivity index (χ0) is 12.3. The second kappa shape index (κ2) is 5.02. The summed E-state index contributed by atoms with van der Waals surface area (Å²) in [5.74, 6) is 0. The van der Waals surface area contributed by atoms with Crippen molar-refractivity contribution in [3.05, 3.63) is 23.0 Å². The van der Waals surface area contributed by atoms with E-state index in [1.54, 1.807) is 0 Å². The molecule has 0 saturated carbocycles. The molecule has 1 aromatic rings. The Bertz CT molecular complexity index is 464.